The number of rotatable bonds is 5. The van der Waals surface area contributed by atoms with Crippen molar-refractivity contribution in [3.63, 3.8) is 0 Å². The molecule has 0 spiro atoms. The van der Waals surface area contributed by atoms with Gasteiger partial charge in [-0.3, -0.25) is 9.82 Å². The van der Waals surface area contributed by atoms with Gasteiger partial charge in [-0.15, -0.1) is 0 Å². The predicted molar refractivity (Wildman–Crippen MR) is 84.1 cm³/mol. The highest BCUT2D eigenvalue weighted by Crippen LogP contribution is 2.25. The van der Waals surface area contributed by atoms with Gasteiger partial charge in [-0.05, 0) is 37.5 Å². The third-order valence-corrected chi connectivity index (χ3v) is 4.74. The van der Waals surface area contributed by atoms with Crippen LogP contribution in [0.4, 0.5) is 10.2 Å². The van der Waals surface area contributed by atoms with Crippen LogP contribution in [0, 0.1) is 18.7 Å². The lowest BCUT2D eigenvalue weighted by Gasteiger charge is -2.10. The molecule has 1 aromatic heterocycles. The van der Waals surface area contributed by atoms with Crippen molar-refractivity contribution in [3.05, 3.63) is 40.3 Å². The number of benzene rings is 1. The van der Waals surface area contributed by atoms with Gasteiger partial charge in [-0.1, -0.05) is 25.4 Å². The number of aromatic amines is 1. The average molecular weight is 346 g/mol. The Hall–Kier alpha value is -1.60. The minimum atomic E-state index is -3.88. The number of anilines is 1. The normalized spacial score (nSPS) is 11.9. The van der Waals surface area contributed by atoms with Crippen molar-refractivity contribution in [2.75, 3.05) is 4.72 Å². The molecule has 0 fully saturated rings. The second-order valence-corrected chi connectivity index (χ2v) is 7.54. The Morgan fingerprint density at radius 2 is 2.09 bits per heavy atom. The van der Waals surface area contributed by atoms with Gasteiger partial charge in [0.1, 0.15) is 5.82 Å². The van der Waals surface area contributed by atoms with Gasteiger partial charge in [0.25, 0.3) is 10.0 Å². The van der Waals surface area contributed by atoms with Crippen molar-refractivity contribution < 1.29 is 12.8 Å². The lowest BCUT2D eigenvalue weighted by molar-refractivity contribution is 0.599. The van der Waals surface area contributed by atoms with Crippen LogP contribution in [0.1, 0.15) is 25.1 Å². The number of aromatic nitrogens is 2. The molecule has 0 saturated heterocycles. The molecule has 8 heteroatoms. The first-order valence-electron chi connectivity index (χ1n) is 6.72. The molecule has 22 heavy (non-hydrogen) atoms. The number of aryl methyl sites for hydroxylation is 1. The van der Waals surface area contributed by atoms with E-state index in [0.717, 1.165) is 29.5 Å². The van der Waals surface area contributed by atoms with E-state index in [2.05, 4.69) is 14.9 Å². The van der Waals surface area contributed by atoms with Gasteiger partial charge in [0.15, 0.2) is 5.82 Å². The van der Waals surface area contributed by atoms with Crippen molar-refractivity contribution in [2.45, 2.75) is 32.1 Å². The maximum absolute atomic E-state index is 13.2. The molecule has 5 nitrogen and oxygen atoms in total. The fourth-order valence-electron chi connectivity index (χ4n) is 2.02. The molecule has 0 aliphatic heterocycles. The standard InChI is InChI=1S/C14H17ClFN3O2S/c1-8(2)6-11-9(3)17-18-14(11)19-22(20,21)10-4-5-13(16)12(15)7-10/h4-5,7-8H,6H2,1-3H3,(H2,17,18,19). The Balaban J connectivity index is 2.35. The van der Waals surface area contributed by atoms with Crippen LogP contribution in [-0.2, 0) is 16.4 Å². The Morgan fingerprint density at radius 3 is 2.68 bits per heavy atom. The molecular weight excluding hydrogens is 329 g/mol. The zero-order valence-electron chi connectivity index (χ0n) is 12.4. The van der Waals surface area contributed by atoms with Crippen molar-refractivity contribution in [1.29, 1.82) is 0 Å². The van der Waals surface area contributed by atoms with Crippen LogP contribution in [-0.4, -0.2) is 18.6 Å². The Labute approximate surface area is 133 Å². The molecule has 0 aliphatic carbocycles. The second kappa shape index (κ2) is 6.26. The summed E-state index contributed by atoms with van der Waals surface area (Å²) in [7, 11) is -3.88. The maximum Gasteiger partial charge on any atom is 0.263 e. The van der Waals surface area contributed by atoms with E-state index in [4.69, 9.17) is 11.6 Å². The van der Waals surface area contributed by atoms with E-state index in [0.29, 0.717) is 12.3 Å². The summed E-state index contributed by atoms with van der Waals surface area (Å²) in [5, 5.41) is 6.52. The second-order valence-electron chi connectivity index (χ2n) is 5.46. The Kier molecular flexibility index (Phi) is 4.77. The molecule has 1 heterocycles. The number of nitrogens with zero attached hydrogens (tertiary/aromatic N) is 1. The van der Waals surface area contributed by atoms with E-state index in [1.54, 1.807) is 0 Å². The van der Waals surface area contributed by atoms with Crippen LogP contribution >= 0.6 is 11.6 Å². The van der Waals surface area contributed by atoms with E-state index < -0.39 is 15.8 Å². The van der Waals surface area contributed by atoms with E-state index in [1.165, 1.54) is 0 Å². The zero-order valence-corrected chi connectivity index (χ0v) is 14.0. The highest BCUT2D eigenvalue weighted by atomic mass is 35.5. The molecular formula is C14H17ClFN3O2S. The van der Waals surface area contributed by atoms with Crippen molar-refractivity contribution in [1.82, 2.24) is 10.2 Å². The van der Waals surface area contributed by atoms with Crippen LogP contribution in [0.3, 0.4) is 0 Å². The minimum absolute atomic E-state index is 0.116. The molecule has 0 unspecified atom stereocenters. The summed E-state index contributed by atoms with van der Waals surface area (Å²) in [5.74, 6) is -0.0665. The number of H-pyrrole nitrogens is 1. The lowest BCUT2D eigenvalue weighted by atomic mass is 10.0. The predicted octanol–water partition coefficient (Wildman–Crippen LogP) is 3.51. The van der Waals surface area contributed by atoms with Crippen LogP contribution in [0.5, 0.6) is 0 Å². The summed E-state index contributed by atoms with van der Waals surface area (Å²) >= 11 is 5.64. The molecule has 0 aliphatic rings. The lowest BCUT2D eigenvalue weighted by Crippen LogP contribution is -2.15. The molecule has 2 rings (SSSR count). The number of nitrogens with one attached hydrogen (secondary N) is 2. The third kappa shape index (κ3) is 3.59. The molecule has 2 N–H and O–H groups in total. The maximum atomic E-state index is 13.2. The van der Waals surface area contributed by atoms with Gasteiger partial charge in [0.05, 0.1) is 9.92 Å². The summed E-state index contributed by atoms with van der Waals surface area (Å²) in [6.45, 7) is 5.90. The quantitative estimate of drug-likeness (QED) is 0.870. The zero-order chi connectivity index (χ0) is 16.5. The monoisotopic (exact) mass is 345 g/mol. The van der Waals surface area contributed by atoms with E-state index in [9.17, 15) is 12.8 Å². The van der Waals surface area contributed by atoms with Gasteiger partial charge in [-0.25, -0.2) is 12.8 Å². The first-order valence-corrected chi connectivity index (χ1v) is 8.58. The van der Waals surface area contributed by atoms with Crippen molar-refractivity contribution >= 4 is 27.4 Å². The molecule has 0 atom stereocenters. The highest BCUT2D eigenvalue weighted by molar-refractivity contribution is 7.92. The molecule has 0 radical (unpaired) electrons. The van der Waals surface area contributed by atoms with Crippen LogP contribution in [0.15, 0.2) is 23.1 Å². The summed E-state index contributed by atoms with van der Waals surface area (Å²) in [5.41, 5.74) is 1.62. The fourth-order valence-corrected chi connectivity index (χ4v) is 3.33. The highest BCUT2D eigenvalue weighted by Gasteiger charge is 2.20. The smallest absolute Gasteiger partial charge is 0.263 e. The molecule has 0 amide bonds. The third-order valence-electron chi connectivity index (χ3n) is 3.12. The summed E-state index contributed by atoms with van der Waals surface area (Å²) < 4.78 is 40.3. The van der Waals surface area contributed by atoms with E-state index in [1.807, 2.05) is 20.8 Å². The van der Waals surface area contributed by atoms with Gasteiger partial charge in [0, 0.05) is 11.3 Å². The molecule has 2 aromatic rings. The summed E-state index contributed by atoms with van der Waals surface area (Å²) in [4.78, 5) is -0.116. The first kappa shape index (κ1) is 16.8. The van der Waals surface area contributed by atoms with Crippen LogP contribution in [0.25, 0.3) is 0 Å². The van der Waals surface area contributed by atoms with Crippen molar-refractivity contribution in [2.24, 2.45) is 5.92 Å². The Bertz CT molecular complexity index is 787. The topological polar surface area (TPSA) is 74.8 Å². The van der Waals surface area contributed by atoms with Gasteiger partial charge in [-0.2, -0.15) is 5.10 Å². The van der Waals surface area contributed by atoms with Gasteiger partial charge >= 0.3 is 0 Å². The van der Waals surface area contributed by atoms with Crippen molar-refractivity contribution in [3.8, 4) is 0 Å². The molecule has 120 valence electrons. The summed E-state index contributed by atoms with van der Waals surface area (Å²) in [6.07, 6.45) is 0.685. The minimum Gasteiger partial charge on any atom is -0.280 e. The molecule has 0 bridgehead atoms. The largest absolute Gasteiger partial charge is 0.280 e. The summed E-state index contributed by atoms with van der Waals surface area (Å²) in [6, 6.07) is 3.24. The Morgan fingerprint density at radius 1 is 1.41 bits per heavy atom. The van der Waals surface area contributed by atoms with Crippen LogP contribution in [0.2, 0.25) is 5.02 Å². The van der Waals surface area contributed by atoms with Crippen LogP contribution < -0.4 is 4.72 Å². The molecule has 1 aromatic carbocycles. The van der Waals surface area contributed by atoms with Gasteiger partial charge < -0.3 is 0 Å². The van der Waals surface area contributed by atoms with Gasteiger partial charge in [0.2, 0.25) is 0 Å². The number of hydrogen-bond donors (Lipinski definition) is 2. The molecule has 0 saturated carbocycles. The number of halogens is 2. The number of sulfonamides is 1. The SMILES string of the molecule is Cc1[nH]nc(NS(=O)(=O)c2ccc(F)c(Cl)c2)c1CC(C)C. The van der Waals surface area contributed by atoms with E-state index in [-0.39, 0.29) is 15.7 Å². The first-order chi connectivity index (χ1) is 10.2. The van der Waals surface area contributed by atoms with E-state index >= 15 is 0 Å². The fraction of sp³-hybridized carbons (Fsp3) is 0.357. The number of hydrogen-bond acceptors (Lipinski definition) is 3. The average Bonchev–Trinajstić information content (AvgIpc) is 2.73.